The van der Waals surface area contributed by atoms with Crippen molar-refractivity contribution in [2.45, 2.75) is 32.3 Å². The molecule has 0 saturated heterocycles. The second kappa shape index (κ2) is 7.54. The summed E-state index contributed by atoms with van der Waals surface area (Å²) in [6.45, 7) is 1.95. The van der Waals surface area contributed by atoms with E-state index in [1.165, 1.54) is 0 Å². The van der Waals surface area contributed by atoms with E-state index in [1.807, 2.05) is 6.92 Å². The third-order valence-electron chi connectivity index (χ3n) is 1.12. The van der Waals surface area contributed by atoms with E-state index in [2.05, 4.69) is 0 Å². The summed E-state index contributed by atoms with van der Waals surface area (Å²) < 4.78 is 0. The van der Waals surface area contributed by atoms with Crippen LogP contribution < -0.4 is 0 Å². The van der Waals surface area contributed by atoms with Crippen LogP contribution in [0.3, 0.4) is 0 Å². The predicted molar refractivity (Wildman–Crippen MR) is 40.3 cm³/mol. The molecular formula is C6H13NaO3. The van der Waals surface area contributed by atoms with E-state index in [0.29, 0.717) is 6.42 Å². The van der Waals surface area contributed by atoms with Crippen LogP contribution in [0.4, 0.5) is 0 Å². The van der Waals surface area contributed by atoms with Crippen molar-refractivity contribution < 1.29 is 15.0 Å². The maximum atomic E-state index is 9.96. The average molecular weight is 156 g/mol. The van der Waals surface area contributed by atoms with Crippen molar-refractivity contribution in [3.63, 3.8) is 0 Å². The molecule has 0 amide bonds. The Labute approximate surface area is 82.7 Å². The van der Waals surface area contributed by atoms with Gasteiger partial charge in [0.05, 0.1) is 0 Å². The number of aliphatic hydroxyl groups excluding tert-OH is 1. The van der Waals surface area contributed by atoms with Crippen LogP contribution in [-0.4, -0.2) is 51.8 Å². The first kappa shape index (κ1) is 13.1. The van der Waals surface area contributed by atoms with Crippen molar-refractivity contribution in [2.24, 2.45) is 0 Å². The molecule has 0 aromatic carbocycles. The van der Waals surface area contributed by atoms with Crippen LogP contribution in [0, 0.1) is 0 Å². The molecule has 0 radical (unpaired) electrons. The van der Waals surface area contributed by atoms with Gasteiger partial charge in [0.1, 0.15) is 0 Å². The first-order valence-corrected chi connectivity index (χ1v) is 3.09. The summed E-state index contributed by atoms with van der Waals surface area (Å²) in [5.74, 6) is -1.12. The molecule has 2 N–H and O–H groups in total. The van der Waals surface area contributed by atoms with E-state index < -0.39 is 12.1 Å². The summed E-state index contributed by atoms with van der Waals surface area (Å²) in [5, 5.41) is 16.8. The zero-order valence-corrected chi connectivity index (χ0v) is 5.50. The van der Waals surface area contributed by atoms with Gasteiger partial charge in [-0.05, 0) is 6.42 Å². The number of rotatable bonds is 4. The number of aliphatic carboxylic acids is 1. The number of hydrogen-bond acceptors (Lipinski definition) is 2. The van der Waals surface area contributed by atoms with E-state index in [0.717, 1.165) is 12.8 Å². The molecule has 0 aromatic heterocycles. The van der Waals surface area contributed by atoms with Crippen molar-refractivity contribution in [3.8, 4) is 0 Å². The van der Waals surface area contributed by atoms with Crippen molar-refractivity contribution in [1.29, 1.82) is 0 Å². The molecule has 3 nitrogen and oxygen atoms in total. The summed E-state index contributed by atoms with van der Waals surface area (Å²) in [4.78, 5) is 9.96. The standard InChI is InChI=1S/C6H12O3.Na.H/c1-2-3-4-5(7)6(8)9;;/h5,7H,2-4H2,1H3,(H,8,9);;. The van der Waals surface area contributed by atoms with E-state index in [-0.39, 0.29) is 29.6 Å². The molecule has 1 atom stereocenters. The number of unbranched alkanes of at least 4 members (excludes halogenated alkanes) is 1. The van der Waals surface area contributed by atoms with E-state index >= 15 is 0 Å². The third kappa shape index (κ3) is 6.55. The summed E-state index contributed by atoms with van der Waals surface area (Å²) in [5.41, 5.74) is 0. The Hall–Kier alpha value is 0.430. The SMILES string of the molecule is CCCCC(O)C(=O)O.[NaH]. The number of hydrogen-bond donors (Lipinski definition) is 2. The second-order valence-corrected chi connectivity index (χ2v) is 2.00. The minimum absolute atomic E-state index is 0. The second-order valence-electron chi connectivity index (χ2n) is 2.00. The van der Waals surface area contributed by atoms with Crippen molar-refractivity contribution in [2.75, 3.05) is 0 Å². The van der Waals surface area contributed by atoms with Gasteiger partial charge in [0.2, 0.25) is 0 Å². The van der Waals surface area contributed by atoms with Crippen LogP contribution in [0.5, 0.6) is 0 Å². The molecule has 0 fully saturated rings. The molecule has 4 heteroatoms. The molecule has 0 bridgehead atoms. The quantitative estimate of drug-likeness (QED) is 0.562. The molecule has 0 saturated carbocycles. The van der Waals surface area contributed by atoms with E-state index in [4.69, 9.17) is 10.2 Å². The van der Waals surface area contributed by atoms with Crippen LogP contribution >= 0.6 is 0 Å². The van der Waals surface area contributed by atoms with Crippen molar-refractivity contribution in [1.82, 2.24) is 0 Å². The molecule has 0 rings (SSSR count). The minimum atomic E-state index is -1.16. The fraction of sp³-hybridized carbons (Fsp3) is 0.833. The first-order chi connectivity index (χ1) is 4.18. The van der Waals surface area contributed by atoms with Crippen LogP contribution in [-0.2, 0) is 4.79 Å². The van der Waals surface area contributed by atoms with Crippen molar-refractivity contribution in [3.05, 3.63) is 0 Å². The molecule has 0 heterocycles. The van der Waals surface area contributed by atoms with Gasteiger partial charge in [-0.25, -0.2) is 4.79 Å². The third-order valence-corrected chi connectivity index (χ3v) is 1.12. The van der Waals surface area contributed by atoms with Crippen LogP contribution in [0.25, 0.3) is 0 Å². The van der Waals surface area contributed by atoms with Gasteiger partial charge in [0.25, 0.3) is 0 Å². The maximum absolute atomic E-state index is 9.96. The molecule has 10 heavy (non-hydrogen) atoms. The van der Waals surface area contributed by atoms with Gasteiger partial charge in [0, 0.05) is 0 Å². The van der Waals surface area contributed by atoms with Gasteiger partial charge in [0.15, 0.2) is 6.10 Å². The van der Waals surface area contributed by atoms with Crippen LogP contribution in [0.1, 0.15) is 26.2 Å². The predicted octanol–water partition coefficient (Wildman–Crippen LogP) is -0.0264. The number of aliphatic hydroxyl groups is 1. The summed E-state index contributed by atoms with van der Waals surface area (Å²) in [6.07, 6.45) is 0.897. The zero-order chi connectivity index (χ0) is 7.28. The Morgan fingerprint density at radius 3 is 2.40 bits per heavy atom. The number of carbonyl (C=O) groups is 1. The van der Waals surface area contributed by atoms with Gasteiger partial charge in [-0.15, -0.1) is 0 Å². The van der Waals surface area contributed by atoms with Crippen LogP contribution in [0.2, 0.25) is 0 Å². The first-order valence-electron chi connectivity index (χ1n) is 3.09. The van der Waals surface area contributed by atoms with Gasteiger partial charge < -0.3 is 10.2 Å². The molecule has 0 spiro atoms. The monoisotopic (exact) mass is 156 g/mol. The molecular weight excluding hydrogens is 143 g/mol. The van der Waals surface area contributed by atoms with E-state index in [9.17, 15) is 4.79 Å². The number of carboxylic acids is 1. The Morgan fingerprint density at radius 1 is 1.60 bits per heavy atom. The molecule has 0 aliphatic rings. The normalized spacial score (nSPS) is 11.8. The Morgan fingerprint density at radius 2 is 2.10 bits per heavy atom. The summed E-state index contributed by atoms with van der Waals surface area (Å²) in [6, 6.07) is 0. The van der Waals surface area contributed by atoms with E-state index in [1.54, 1.807) is 0 Å². The molecule has 1 unspecified atom stereocenters. The summed E-state index contributed by atoms with van der Waals surface area (Å²) in [7, 11) is 0. The number of carboxylic acid groups (broad SMARTS) is 1. The Balaban J connectivity index is 0. The average Bonchev–Trinajstić information content (AvgIpc) is 1.82. The van der Waals surface area contributed by atoms with Gasteiger partial charge in [-0.3, -0.25) is 0 Å². The molecule has 56 valence electrons. The summed E-state index contributed by atoms with van der Waals surface area (Å²) >= 11 is 0. The molecule has 0 aliphatic heterocycles. The van der Waals surface area contributed by atoms with Gasteiger partial charge in [-0.1, -0.05) is 19.8 Å². The Bertz CT molecular complexity index is 95.0. The van der Waals surface area contributed by atoms with Gasteiger partial charge in [-0.2, -0.15) is 0 Å². The molecule has 0 aromatic rings. The van der Waals surface area contributed by atoms with Gasteiger partial charge >= 0.3 is 35.5 Å². The Kier molecular flexibility index (Phi) is 9.84. The topological polar surface area (TPSA) is 57.5 Å². The molecule has 0 aliphatic carbocycles. The zero-order valence-electron chi connectivity index (χ0n) is 5.50. The fourth-order valence-electron chi connectivity index (χ4n) is 0.521. The van der Waals surface area contributed by atoms with Crippen LogP contribution in [0.15, 0.2) is 0 Å². The van der Waals surface area contributed by atoms with Crippen molar-refractivity contribution >= 4 is 35.5 Å². The fourth-order valence-corrected chi connectivity index (χ4v) is 0.521.